The first kappa shape index (κ1) is 16.5. The third-order valence-electron chi connectivity index (χ3n) is 4.97. The summed E-state index contributed by atoms with van der Waals surface area (Å²) in [5.74, 6) is 1.17. The fourth-order valence-corrected chi connectivity index (χ4v) is 3.71. The molecule has 1 saturated carbocycles. The number of likely N-dealkylation sites (N-methyl/N-ethyl adjacent to an activating group) is 1. The van der Waals surface area contributed by atoms with E-state index in [-0.39, 0.29) is 5.60 Å². The van der Waals surface area contributed by atoms with E-state index >= 15 is 0 Å². The molecule has 1 atom stereocenters. The van der Waals surface area contributed by atoms with Crippen molar-refractivity contribution in [1.29, 1.82) is 0 Å². The van der Waals surface area contributed by atoms with Crippen LogP contribution in [0.5, 0.6) is 0 Å². The minimum Gasteiger partial charge on any atom is -0.377 e. The summed E-state index contributed by atoms with van der Waals surface area (Å²) in [4.78, 5) is 4.56. The predicted molar refractivity (Wildman–Crippen MR) is 86.5 cm³/mol. The summed E-state index contributed by atoms with van der Waals surface area (Å²) >= 11 is 0. The fourth-order valence-electron chi connectivity index (χ4n) is 3.71. The Morgan fingerprint density at radius 3 is 2.57 bits per heavy atom. The lowest BCUT2D eigenvalue weighted by Gasteiger charge is -2.39. The predicted octanol–water partition coefficient (Wildman–Crippen LogP) is 3.16. The number of imidazole rings is 1. The summed E-state index contributed by atoms with van der Waals surface area (Å²) in [6, 6.07) is 0.346. The second-order valence-electron chi connectivity index (χ2n) is 6.13. The Kier molecular flexibility index (Phi) is 6.24. The smallest absolute Gasteiger partial charge is 0.110 e. The van der Waals surface area contributed by atoms with Crippen LogP contribution in [0.1, 0.15) is 58.2 Å². The minimum atomic E-state index is -0.0307. The molecule has 1 aromatic rings. The molecule has 1 fully saturated rings. The molecule has 0 spiro atoms. The highest BCUT2D eigenvalue weighted by Gasteiger charge is 2.39. The highest BCUT2D eigenvalue weighted by molar-refractivity contribution is 5.03. The molecule has 0 aliphatic heterocycles. The number of ether oxygens (including phenoxy) is 1. The van der Waals surface area contributed by atoms with Crippen molar-refractivity contribution in [1.82, 2.24) is 14.9 Å². The average Bonchev–Trinajstić information content (AvgIpc) is 2.81. The fraction of sp³-hybridized carbons (Fsp3) is 0.824. The van der Waals surface area contributed by atoms with Crippen molar-refractivity contribution >= 4 is 0 Å². The largest absolute Gasteiger partial charge is 0.377 e. The van der Waals surface area contributed by atoms with Gasteiger partial charge in [-0.15, -0.1) is 0 Å². The molecule has 0 aromatic carbocycles. The van der Waals surface area contributed by atoms with Crippen LogP contribution in [0.3, 0.4) is 0 Å². The zero-order valence-corrected chi connectivity index (χ0v) is 13.9. The number of hydrogen-bond donors (Lipinski definition) is 1. The monoisotopic (exact) mass is 293 g/mol. The van der Waals surface area contributed by atoms with Crippen LogP contribution < -0.4 is 5.32 Å². The topological polar surface area (TPSA) is 39.1 Å². The summed E-state index contributed by atoms with van der Waals surface area (Å²) in [6.07, 6.45) is 12.5. The van der Waals surface area contributed by atoms with E-state index in [4.69, 9.17) is 4.74 Å². The van der Waals surface area contributed by atoms with Crippen LogP contribution in [0.25, 0.3) is 0 Å². The average molecular weight is 293 g/mol. The summed E-state index contributed by atoms with van der Waals surface area (Å²) in [5, 5.41) is 3.68. The van der Waals surface area contributed by atoms with Crippen molar-refractivity contribution < 1.29 is 4.74 Å². The zero-order chi connectivity index (χ0) is 15.1. The molecule has 0 saturated heterocycles. The Hall–Kier alpha value is -0.870. The Morgan fingerprint density at radius 1 is 1.29 bits per heavy atom. The van der Waals surface area contributed by atoms with Gasteiger partial charge in [0.25, 0.3) is 0 Å². The van der Waals surface area contributed by atoms with Gasteiger partial charge < -0.3 is 14.6 Å². The van der Waals surface area contributed by atoms with Crippen LogP contribution in [0.4, 0.5) is 0 Å². The molecule has 0 bridgehead atoms. The molecular formula is C17H31N3O. The van der Waals surface area contributed by atoms with Gasteiger partial charge in [0.1, 0.15) is 5.82 Å². The third kappa shape index (κ3) is 3.86. The Morgan fingerprint density at radius 2 is 2.00 bits per heavy atom. The van der Waals surface area contributed by atoms with E-state index in [9.17, 15) is 0 Å². The van der Waals surface area contributed by atoms with Crippen molar-refractivity contribution in [2.75, 3.05) is 13.7 Å². The number of rotatable bonds is 7. The van der Waals surface area contributed by atoms with E-state index in [1.807, 2.05) is 13.3 Å². The quantitative estimate of drug-likeness (QED) is 0.785. The second kappa shape index (κ2) is 7.95. The lowest BCUT2D eigenvalue weighted by Crippen LogP contribution is -2.53. The first-order valence-electron chi connectivity index (χ1n) is 8.54. The lowest BCUT2D eigenvalue weighted by atomic mass is 9.84. The van der Waals surface area contributed by atoms with Crippen LogP contribution in [0, 0.1) is 0 Å². The molecule has 2 rings (SSSR count). The molecular weight excluding hydrogens is 262 g/mol. The van der Waals surface area contributed by atoms with Crippen LogP contribution in [0.2, 0.25) is 0 Å². The SMILES string of the molecule is CCNC(Cc1nccn1CC)C1(OC)CCCCCC1. The van der Waals surface area contributed by atoms with Gasteiger partial charge in [-0.3, -0.25) is 0 Å². The minimum absolute atomic E-state index is 0.0307. The van der Waals surface area contributed by atoms with Crippen LogP contribution >= 0.6 is 0 Å². The van der Waals surface area contributed by atoms with Gasteiger partial charge in [0, 0.05) is 38.5 Å². The summed E-state index contributed by atoms with van der Waals surface area (Å²) < 4.78 is 8.34. The standard InChI is InChI=1S/C17H31N3O/c1-4-18-15(14-16-19-12-13-20(16)5-2)17(21-3)10-8-6-7-9-11-17/h12-13,15,18H,4-11,14H2,1-3H3. The van der Waals surface area contributed by atoms with Crippen molar-refractivity contribution in [2.24, 2.45) is 0 Å². The number of nitrogens with zero attached hydrogens (tertiary/aromatic N) is 2. The molecule has 4 heteroatoms. The van der Waals surface area contributed by atoms with Crippen molar-refractivity contribution in [2.45, 2.75) is 77.0 Å². The third-order valence-corrected chi connectivity index (χ3v) is 4.97. The molecule has 0 radical (unpaired) electrons. The Bertz CT molecular complexity index is 408. The van der Waals surface area contributed by atoms with Crippen molar-refractivity contribution in [3.8, 4) is 0 Å². The summed E-state index contributed by atoms with van der Waals surface area (Å²) in [7, 11) is 1.89. The van der Waals surface area contributed by atoms with Crippen LogP contribution in [-0.4, -0.2) is 34.8 Å². The van der Waals surface area contributed by atoms with Crippen LogP contribution in [0.15, 0.2) is 12.4 Å². The lowest BCUT2D eigenvalue weighted by molar-refractivity contribution is -0.0528. The first-order valence-corrected chi connectivity index (χ1v) is 8.54. The van der Waals surface area contributed by atoms with E-state index in [2.05, 4.69) is 34.9 Å². The van der Waals surface area contributed by atoms with Gasteiger partial charge in [0.15, 0.2) is 0 Å². The Balaban J connectivity index is 2.19. The van der Waals surface area contributed by atoms with Gasteiger partial charge in [0.05, 0.1) is 5.60 Å². The molecule has 1 unspecified atom stereocenters. The van der Waals surface area contributed by atoms with Gasteiger partial charge >= 0.3 is 0 Å². The normalized spacial score (nSPS) is 20.1. The zero-order valence-electron chi connectivity index (χ0n) is 13.9. The van der Waals surface area contributed by atoms with E-state index in [0.717, 1.165) is 32.4 Å². The van der Waals surface area contributed by atoms with Crippen molar-refractivity contribution in [3.05, 3.63) is 18.2 Å². The number of nitrogens with one attached hydrogen (secondary N) is 1. The highest BCUT2D eigenvalue weighted by atomic mass is 16.5. The van der Waals surface area contributed by atoms with E-state index in [0.29, 0.717) is 6.04 Å². The summed E-state index contributed by atoms with van der Waals surface area (Å²) in [6.45, 7) is 6.31. The van der Waals surface area contributed by atoms with Crippen molar-refractivity contribution in [3.63, 3.8) is 0 Å². The maximum Gasteiger partial charge on any atom is 0.110 e. The van der Waals surface area contributed by atoms with Gasteiger partial charge in [0.2, 0.25) is 0 Å². The van der Waals surface area contributed by atoms with Crippen LogP contribution in [-0.2, 0) is 17.7 Å². The van der Waals surface area contributed by atoms with Gasteiger partial charge in [-0.05, 0) is 26.3 Å². The Labute approximate surface area is 129 Å². The number of hydrogen-bond acceptors (Lipinski definition) is 3. The molecule has 4 nitrogen and oxygen atoms in total. The number of aromatic nitrogens is 2. The maximum atomic E-state index is 6.10. The summed E-state index contributed by atoms with van der Waals surface area (Å²) in [5.41, 5.74) is -0.0307. The molecule has 1 heterocycles. The molecule has 0 amide bonds. The molecule has 1 aromatic heterocycles. The van der Waals surface area contributed by atoms with Gasteiger partial charge in [-0.1, -0.05) is 32.6 Å². The highest BCUT2D eigenvalue weighted by Crippen LogP contribution is 2.34. The maximum absolute atomic E-state index is 6.10. The molecule has 120 valence electrons. The van der Waals surface area contributed by atoms with E-state index in [1.54, 1.807) is 0 Å². The molecule has 1 aliphatic carbocycles. The molecule has 1 N–H and O–H groups in total. The van der Waals surface area contributed by atoms with E-state index < -0.39 is 0 Å². The van der Waals surface area contributed by atoms with Gasteiger partial charge in [-0.25, -0.2) is 4.98 Å². The number of aryl methyl sites for hydroxylation is 1. The molecule has 1 aliphatic rings. The molecule has 21 heavy (non-hydrogen) atoms. The van der Waals surface area contributed by atoms with Gasteiger partial charge in [-0.2, -0.15) is 0 Å². The second-order valence-corrected chi connectivity index (χ2v) is 6.13. The van der Waals surface area contributed by atoms with E-state index in [1.165, 1.54) is 31.5 Å². The number of methoxy groups -OCH3 is 1. The first-order chi connectivity index (χ1) is 10.3.